The number of carboxylic acids is 3. The second kappa shape index (κ2) is 16.7. The molecule has 0 aliphatic rings. The lowest BCUT2D eigenvalue weighted by atomic mass is 9.94. The predicted molar refractivity (Wildman–Crippen MR) is 124 cm³/mol. The van der Waals surface area contributed by atoms with Crippen molar-refractivity contribution in [2.24, 2.45) is 0 Å². The SMILES string of the molecule is CCCCCC/C=C/CCCCC[N+](C(CC)C(=O)[O-])(C(CC)C(=O)O)C(CC)C(=O)O. The van der Waals surface area contributed by atoms with Crippen LogP contribution in [0.2, 0.25) is 0 Å². The van der Waals surface area contributed by atoms with E-state index in [0.29, 0.717) is 6.42 Å². The molecular formula is C25H45NO6. The van der Waals surface area contributed by atoms with Gasteiger partial charge in [0.25, 0.3) is 0 Å². The molecule has 32 heavy (non-hydrogen) atoms. The van der Waals surface area contributed by atoms with Crippen molar-refractivity contribution >= 4 is 17.9 Å². The maximum Gasteiger partial charge on any atom is 0.362 e. The topological polar surface area (TPSA) is 115 Å². The third-order valence-corrected chi connectivity index (χ3v) is 6.55. The Morgan fingerprint density at radius 3 is 1.50 bits per heavy atom. The Bertz CT molecular complexity index is 534. The van der Waals surface area contributed by atoms with Crippen molar-refractivity contribution in [3.8, 4) is 0 Å². The Balaban J connectivity index is 5.40. The number of carbonyl (C=O) groups excluding carboxylic acids is 1. The first-order valence-corrected chi connectivity index (χ1v) is 12.4. The van der Waals surface area contributed by atoms with E-state index in [9.17, 15) is 29.7 Å². The van der Waals surface area contributed by atoms with Crippen LogP contribution < -0.4 is 5.11 Å². The van der Waals surface area contributed by atoms with Crippen molar-refractivity contribution in [2.75, 3.05) is 6.54 Å². The highest BCUT2D eigenvalue weighted by Crippen LogP contribution is 2.32. The summed E-state index contributed by atoms with van der Waals surface area (Å²) in [5, 5.41) is 31.9. The zero-order valence-electron chi connectivity index (χ0n) is 20.6. The lowest BCUT2D eigenvalue weighted by molar-refractivity contribution is -0.974. The number of quaternary nitrogens is 1. The number of hydrogen-bond donors (Lipinski definition) is 2. The smallest absolute Gasteiger partial charge is 0.362 e. The minimum absolute atomic E-state index is 0.122. The highest BCUT2D eigenvalue weighted by molar-refractivity contribution is 5.77. The predicted octanol–water partition coefficient (Wildman–Crippen LogP) is 4.15. The van der Waals surface area contributed by atoms with Crippen molar-refractivity contribution in [1.82, 2.24) is 0 Å². The second-order valence-corrected chi connectivity index (χ2v) is 8.66. The fraction of sp³-hybridized carbons (Fsp3) is 0.800. The van der Waals surface area contributed by atoms with Crippen LogP contribution in [0.4, 0.5) is 0 Å². The highest BCUT2D eigenvalue weighted by atomic mass is 16.4. The van der Waals surface area contributed by atoms with E-state index in [-0.39, 0.29) is 25.8 Å². The number of carboxylic acid groups (broad SMARTS) is 3. The van der Waals surface area contributed by atoms with Crippen LogP contribution >= 0.6 is 0 Å². The lowest BCUT2D eigenvalue weighted by Gasteiger charge is -2.51. The third-order valence-electron chi connectivity index (χ3n) is 6.55. The largest absolute Gasteiger partial charge is 0.544 e. The van der Waals surface area contributed by atoms with Crippen LogP contribution in [0, 0.1) is 0 Å². The Morgan fingerprint density at radius 1 is 0.719 bits per heavy atom. The summed E-state index contributed by atoms with van der Waals surface area (Å²) in [7, 11) is 0. The number of rotatable bonds is 20. The number of hydrogen-bond acceptors (Lipinski definition) is 4. The summed E-state index contributed by atoms with van der Waals surface area (Å²) in [5.41, 5.74) is 0. The standard InChI is InChI=1S/C25H45NO6/c1-5-9-10-11-12-13-14-15-16-17-18-19-26(20(6-2)23(27)28,21(7-3)24(29)30)22(8-4)25(31)32/h13-14,20-22H,5-12,15-19H2,1-4H3,(H2-,27,28,29,30,31,32)/b14-13+. The van der Waals surface area contributed by atoms with Crippen molar-refractivity contribution in [1.29, 1.82) is 0 Å². The maximum absolute atomic E-state index is 12.1. The van der Waals surface area contributed by atoms with E-state index in [4.69, 9.17) is 0 Å². The quantitative estimate of drug-likeness (QED) is 0.162. The molecule has 0 fully saturated rings. The molecule has 0 saturated carbocycles. The summed E-state index contributed by atoms with van der Waals surface area (Å²) in [6.07, 6.45) is 14.0. The van der Waals surface area contributed by atoms with E-state index in [0.717, 1.165) is 25.7 Å². The number of allylic oxidation sites excluding steroid dienone is 2. The van der Waals surface area contributed by atoms with E-state index in [1.54, 1.807) is 20.8 Å². The van der Waals surface area contributed by atoms with Crippen LogP contribution in [0.25, 0.3) is 0 Å². The van der Waals surface area contributed by atoms with Crippen LogP contribution in [-0.4, -0.2) is 57.3 Å². The summed E-state index contributed by atoms with van der Waals surface area (Å²) in [4.78, 5) is 36.3. The van der Waals surface area contributed by atoms with Gasteiger partial charge in [-0.25, -0.2) is 9.59 Å². The molecular weight excluding hydrogens is 410 g/mol. The molecule has 0 aliphatic carbocycles. The molecule has 0 spiro atoms. The second-order valence-electron chi connectivity index (χ2n) is 8.66. The monoisotopic (exact) mass is 455 g/mol. The molecule has 3 unspecified atom stereocenters. The van der Waals surface area contributed by atoms with Gasteiger partial charge in [0.05, 0.1) is 12.5 Å². The van der Waals surface area contributed by atoms with Gasteiger partial charge in [0.15, 0.2) is 12.1 Å². The molecule has 0 aromatic heterocycles. The highest BCUT2D eigenvalue weighted by Gasteiger charge is 2.53. The van der Waals surface area contributed by atoms with Crippen molar-refractivity contribution in [3.63, 3.8) is 0 Å². The summed E-state index contributed by atoms with van der Waals surface area (Å²) in [5.74, 6) is -3.69. The number of unbranched alkanes of at least 4 members (excludes halogenated alkanes) is 7. The Hall–Kier alpha value is -1.89. The van der Waals surface area contributed by atoms with Gasteiger partial charge in [0.1, 0.15) is 6.04 Å². The molecule has 2 N–H and O–H groups in total. The fourth-order valence-corrected chi connectivity index (χ4v) is 5.01. The van der Waals surface area contributed by atoms with Crippen LogP contribution in [0.3, 0.4) is 0 Å². The van der Waals surface area contributed by atoms with Gasteiger partial charge in [-0.3, -0.25) is 4.48 Å². The molecule has 186 valence electrons. The third kappa shape index (κ3) is 8.93. The van der Waals surface area contributed by atoms with Gasteiger partial charge in [0.2, 0.25) is 0 Å². The number of aliphatic carboxylic acids is 3. The van der Waals surface area contributed by atoms with Gasteiger partial charge in [-0.05, 0) is 38.5 Å². The Labute approximate surface area is 194 Å². The normalized spacial score (nSPS) is 16.4. The molecule has 0 bridgehead atoms. The maximum atomic E-state index is 12.1. The molecule has 0 saturated heterocycles. The van der Waals surface area contributed by atoms with Gasteiger partial charge in [-0.15, -0.1) is 0 Å². The summed E-state index contributed by atoms with van der Waals surface area (Å²) in [6.45, 7) is 7.39. The van der Waals surface area contributed by atoms with E-state index in [1.165, 1.54) is 25.7 Å². The molecule has 7 heteroatoms. The average molecular weight is 456 g/mol. The fourth-order valence-electron chi connectivity index (χ4n) is 5.01. The first-order chi connectivity index (χ1) is 15.2. The zero-order chi connectivity index (χ0) is 24.6. The van der Waals surface area contributed by atoms with Crippen LogP contribution in [0.5, 0.6) is 0 Å². The van der Waals surface area contributed by atoms with Gasteiger partial charge in [0, 0.05) is 19.3 Å². The van der Waals surface area contributed by atoms with Crippen LogP contribution in [-0.2, 0) is 14.4 Å². The summed E-state index contributed by atoms with van der Waals surface area (Å²) in [6, 6.07) is -3.40. The molecule has 0 heterocycles. The van der Waals surface area contributed by atoms with Gasteiger partial charge >= 0.3 is 11.9 Å². The molecule has 0 aliphatic heterocycles. The van der Waals surface area contributed by atoms with E-state index < -0.39 is 40.5 Å². The first kappa shape index (κ1) is 30.1. The van der Waals surface area contributed by atoms with Crippen LogP contribution in [0.1, 0.15) is 105 Å². The summed E-state index contributed by atoms with van der Waals surface area (Å²) >= 11 is 0. The first-order valence-electron chi connectivity index (χ1n) is 12.4. The van der Waals surface area contributed by atoms with E-state index in [1.807, 2.05) is 0 Å². The van der Waals surface area contributed by atoms with Gasteiger partial charge in [-0.1, -0.05) is 59.1 Å². The minimum atomic E-state index is -1.38. The van der Waals surface area contributed by atoms with Crippen molar-refractivity contribution in [2.45, 2.75) is 123 Å². The number of nitrogens with zero attached hydrogens (tertiary/aromatic N) is 1. The van der Waals surface area contributed by atoms with Crippen molar-refractivity contribution < 1.29 is 34.2 Å². The molecule has 0 rings (SSSR count). The molecule has 0 aromatic rings. The Kier molecular flexibility index (Phi) is 15.7. The molecule has 3 atom stereocenters. The molecule has 0 amide bonds. The molecule has 0 aromatic carbocycles. The molecule has 7 nitrogen and oxygen atoms in total. The Morgan fingerprint density at radius 2 is 1.16 bits per heavy atom. The van der Waals surface area contributed by atoms with Crippen LogP contribution in [0.15, 0.2) is 12.2 Å². The minimum Gasteiger partial charge on any atom is -0.544 e. The molecule has 0 radical (unpaired) electrons. The van der Waals surface area contributed by atoms with Gasteiger partial charge in [-0.2, -0.15) is 0 Å². The lowest BCUT2D eigenvalue weighted by Crippen LogP contribution is -2.73. The van der Waals surface area contributed by atoms with Crippen molar-refractivity contribution in [3.05, 3.63) is 12.2 Å². The summed E-state index contributed by atoms with van der Waals surface area (Å²) < 4.78 is -0.482. The van der Waals surface area contributed by atoms with Gasteiger partial charge < -0.3 is 20.1 Å². The van der Waals surface area contributed by atoms with E-state index >= 15 is 0 Å². The average Bonchev–Trinajstić information content (AvgIpc) is 2.72. The van der Waals surface area contributed by atoms with E-state index in [2.05, 4.69) is 19.1 Å². The zero-order valence-corrected chi connectivity index (χ0v) is 20.6. The number of carbonyl (C=O) groups is 3.